The van der Waals surface area contributed by atoms with Crippen LogP contribution in [-0.4, -0.2) is 17.4 Å². The molecule has 0 saturated heterocycles. The maximum absolute atomic E-state index is 11.9. The van der Waals surface area contributed by atoms with E-state index >= 15 is 0 Å². The Morgan fingerprint density at radius 3 is 2.70 bits per heavy atom. The third kappa shape index (κ3) is 3.95. The summed E-state index contributed by atoms with van der Waals surface area (Å²) in [5, 5.41) is 4.06. The lowest BCUT2D eigenvalue weighted by Gasteiger charge is -2.07. The average Bonchev–Trinajstić information content (AvgIpc) is 2.42. The molecule has 0 atom stereocenters. The number of hydrogen-bond donors (Lipinski definition) is 1. The third-order valence-electron chi connectivity index (χ3n) is 2.87. The number of aryl methyl sites for hydroxylation is 1. The van der Waals surface area contributed by atoms with Crippen molar-refractivity contribution in [2.24, 2.45) is 0 Å². The molecule has 0 aliphatic carbocycles. The lowest BCUT2D eigenvalue weighted by molar-refractivity contribution is 0.0954. The van der Waals surface area contributed by atoms with Crippen LogP contribution in [0.15, 0.2) is 36.5 Å². The largest absolute Gasteiger partial charge is 0.352 e. The van der Waals surface area contributed by atoms with Gasteiger partial charge in [-0.3, -0.25) is 9.78 Å². The van der Waals surface area contributed by atoms with Gasteiger partial charge in [0.2, 0.25) is 0 Å². The third-order valence-corrected chi connectivity index (χ3v) is 3.46. The molecule has 2 aromatic rings. The highest BCUT2D eigenvalue weighted by atomic mass is 35.5. The molecule has 1 heterocycles. The number of pyridine rings is 1. The van der Waals surface area contributed by atoms with Crippen molar-refractivity contribution < 1.29 is 4.79 Å². The SMILES string of the molecule is Cc1ccc(C(=O)NCCc2ccc(Cl)cc2Cl)cn1. The normalized spacial score (nSPS) is 10.3. The van der Waals surface area contributed by atoms with E-state index in [2.05, 4.69) is 10.3 Å². The van der Waals surface area contributed by atoms with Gasteiger partial charge in [0.1, 0.15) is 0 Å². The van der Waals surface area contributed by atoms with Gasteiger partial charge in [-0.25, -0.2) is 0 Å². The van der Waals surface area contributed by atoms with Crippen molar-refractivity contribution in [3.63, 3.8) is 0 Å². The number of carbonyl (C=O) groups excluding carboxylic acids is 1. The summed E-state index contributed by atoms with van der Waals surface area (Å²) in [6.45, 7) is 2.39. The minimum Gasteiger partial charge on any atom is -0.352 e. The molecular formula is C15H14Cl2N2O. The van der Waals surface area contributed by atoms with Gasteiger partial charge in [-0.1, -0.05) is 29.3 Å². The maximum Gasteiger partial charge on any atom is 0.252 e. The predicted octanol–water partition coefficient (Wildman–Crippen LogP) is 3.67. The Kier molecular flexibility index (Phi) is 4.99. The van der Waals surface area contributed by atoms with Gasteiger partial charge in [0, 0.05) is 28.5 Å². The number of amides is 1. The van der Waals surface area contributed by atoms with Gasteiger partial charge in [-0.15, -0.1) is 0 Å². The zero-order valence-corrected chi connectivity index (χ0v) is 12.5. The summed E-state index contributed by atoms with van der Waals surface area (Å²) in [5.74, 6) is -0.136. The number of nitrogens with one attached hydrogen (secondary N) is 1. The van der Waals surface area contributed by atoms with Gasteiger partial charge in [-0.05, 0) is 43.2 Å². The number of hydrogen-bond acceptors (Lipinski definition) is 2. The molecule has 20 heavy (non-hydrogen) atoms. The van der Waals surface area contributed by atoms with Crippen LogP contribution in [0.2, 0.25) is 10.0 Å². The molecular weight excluding hydrogens is 295 g/mol. The van der Waals surface area contributed by atoms with Crippen molar-refractivity contribution in [1.82, 2.24) is 10.3 Å². The van der Waals surface area contributed by atoms with Crippen LogP contribution in [0.4, 0.5) is 0 Å². The van der Waals surface area contributed by atoms with Crippen LogP contribution in [-0.2, 0) is 6.42 Å². The van der Waals surface area contributed by atoms with Crippen LogP contribution in [0.3, 0.4) is 0 Å². The van der Waals surface area contributed by atoms with Crippen LogP contribution < -0.4 is 5.32 Å². The summed E-state index contributed by atoms with van der Waals surface area (Å²) in [6.07, 6.45) is 2.22. The number of benzene rings is 1. The Balaban J connectivity index is 1.89. The first-order valence-electron chi connectivity index (χ1n) is 6.21. The lowest BCUT2D eigenvalue weighted by atomic mass is 10.1. The van der Waals surface area contributed by atoms with Crippen LogP contribution in [0.25, 0.3) is 0 Å². The van der Waals surface area contributed by atoms with Crippen LogP contribution in [0.1, 0.15) is 21.6 Å². The minimum atomic E-state index is -0.136. The zero-order valence-electron chi connectivity index (χ0n) is 11.0. The summed E-state index contributed by atoms with van der Waals surface area (Å²) >= 11 is 11.9. The van der Waals surface area contributed by atoms with Crippen molar-refractivity contribution >= 4 is 29.1 Å². The van der Waals surface area contributed by atoms with E-state index in [9.17, 15) is 4.79 Å². The first-order chi connectivity index (χ1) is 9.56. The van der Waals surface area contributed by atoms with Crippen LogP contribution in [0.5, 0.6) is 0 Å². The van der Waals surface area contributed by atoms with Gasteiger partial charge in [0.15, 0.2) is 0 Å². The predicted molar refractivity (Wildman–Crippen MR) is 81.5 cm³/mol. The van der Waals surface area contributed by atoms with E-state index in [0.29, 0.717) is 28.6 Å². The van der Waals surface area contributed by atoms with E-state index in [1.165, 1.54) is 0 Å². The first kappa shape index (κ1) is 14.8. The van der Waals surface area contributed by atoms with E-state index in [4.69, 9.17) is 23.2 Å². The molecule has 0 bridgehead atoms. The fraction of sp³-hybridized carbons (Fsp3) is 0.200. The number of carbonyl (C=O) groups is 1. The van der Waals surface area contributed by atoms with E-state index < -0.39 is 0 Å². The molecule has 0 aliphatic heterocycles. The quantitative estimate of drug-likeness (QED) is 0.936. The molecule has 1 aromatic heterocycles. The second kappa shape index (κ2) is 6.73. The van der Waals surface area contributed by atoms with Crippen LogP contribution in [0, 0.1) is 6.92 Å². The molecule has 0 saturated carbocycles. The summed E-state index contributed by atoms with van der Waals surface area (Å²) in [5.41, 5.74) is 2.39. The van der Waals surface area contributed by atoms with Crippen molar-refractivity contribution in [3.8, 4) is 0 Å². The van der Waals surface area contributed by atoms with Gasteiger partial charge in [0.25, 0.3) is 5.91 Å². The number of halogens is 2. The minimum absolute atomic E-state index is 0.136. The molecule has 0 aliphatic rings. The highest BCUT2D eigenvalue weighted by Gasteiger charge is 2.06. The molecule has 3 nitrogen and oxygen atoms in total. The van der Waals surface area contributed by atoms with Gasteiger partial charge < -0.3 is 5.32 Å². The van der Waals surface area contributed by atoms with Crippen LogP contribution >= 0.6 is 23.2 Å². The van der Waals surface area contributed by atoms with Gasteiger partial charge in [-0.2, -0.15) is 0 Å². The molecule has 1 N–H and O–H groups in total. The van der Waals surface area contributed by atoms with Crippen molar-refractivity contribution in [1.29, 1.82) is 0 Å². The summed E-state index contributed by atoms with van der Waals surface area (Å²) < 4.78 is 0. The van der Waals surface area contributed by atoms with E-state index in [1.54, 1.807) is 24.4 Å². The fourth-order valence-electron chi connectivity index (χ4n) is 1.74. The summed E-state index contributed by atoms with van der Waals surface area (Å²) in [4.78, 5) is 16.0. The fourth-order valence-corrected chi connectivity index (χ4v) is 2.24. The van der Waals surface area contributed by atoms with Gasteiger partial charge in [0.05, 0.1) is 5.56 Å². The molecule has 5 heteroatoms. The van der Waals surface area contributed by atoms with Crippen molar-refractivity contribution in [2.75, 3.05) is 6.54 Å². The smallest absolute Gasteiger partial charge is 0.252 e. The second-order valence-corrected chi connectivity index (χ2v) is 5.27. The Morgan fingerprint density at radius 1 is 1.25 bits per heavy atom. The number of rotatable bonds is 4. The Bertz CT molecular complexity index is 612. The van der Waals surface area contributed by atoms with E-state index in [1.807, 2.05) is 19.1 Å². The molecule has 0 spiro atoms. The monoisotopic (exact) mass is 308 g/mol. The molecule has 0 fully saturated rings. The molecule has 104 valence electrons. The summed E-state index contributed by atoms with van der Waals surface area (Å²) in [6, 6.07) is 8.92. The van der Waals surface area contributed by atoms with Gasteiger partial charge >= 0.3 is 0 Å². The number of aromatic nitrogens is 1. The molecule has 0 unspecified atom stereocenters. The highest BCUT2D eigenvalue weighted by molar-refractivity contribution is 6.35. The Hall–Kier alpha value is -1.58. The Labute approximate surface area is 127 Å². The van der Waals surface area contributed by atoms with E-state index in [0.717, 1.165) is 11.3 Å². The standard InChI is InChI=1S/C15H14Cl2N2O/c1-10-2-3-12(9-19-10)15(20)18-7-6-11-4-5-13(16)8-14(11)17/h2-5,8-9H,6-7H2,1H3,(H,18,20). The second-order valence-electron chi connectivity index (χ2n) is 4.43. The zero-order chi connectivity index (χ0) is 14.5. The van der Waals surface area contributed by atoms with E-state index in [-0.39, 0.29) is 5.91 Å². The molecule has 1 amide bonds. The average molecular weight is 309 g/mol. The topological polar surface area (TPSA) is 42.0 Å². The molecule has 2 rings (SSSR count). The highest BCUT2D eigenvalue weighted by Crippen LogP contribution is 2.21. The number of nitrogens with zero attached hydrogens (tertiary/aromatic N) is 1. The van der Waals surface area contributed by atoms with Crippen molar-refractivity contribution in [2.45, 2.75) is 13.3 Å². The lowest BCUT2D eigenvalue weighted by Crippen LogP contribution is -2.25. The first-order valence-corrected chi connectivity index (χ1v) is 6.96. The molecule has 0 radical (unpaired) electrons. The summed E-state index contributed by atoms with van der Waals surface area (Å²) in [7, 11) is 0. The Morgan fingerprint density at radius 2 is 2.05 bits per heavy atom. The van der Waals surface area contributed by atoms with Crippen molar-refractivity contribution in [3.05, 3.63) is 63.4 Å². The molecule has 1 aromatic carbocycles. The maximum atomic E-state index is 11.9.